The van der Waals surface area contributed by atoms with Crippen molar-refractivity contribution in [2.45, 2.75) is 6.92 Å². The summed E-state index contributed by atoms with van der Waals surface area (Å²) in [4.78, 5) is 11.2. The van der Waals surface area contributed by atoms with Crippen LogP contribution >= 0.6 is 31.9 Å². The molecule has 0 heterocycles. The van der Waals surface area contributed by atoms with Crippen LogP contribution in [-0.4, -0.2) is 12.6 Å². The lowest BCUT2D eigenvalue weighted by molar-refractivity contribution is 0.0526. The van der Waals surface area contributed by atoms with Crippen molar-refractivity contribution in [3.63, 3.8) is 0 Å². The Morgan fingerprint density at radius 2 is 2.08 bits per heavy atom. The van der Waals surface area contributed by atoms with E-state index in [4.69, 9.17) is 4.74 Å². The number of hydrogen-bond donors (Lipinski definition) is 0. The second-order valence-electron chi connectivity index (χ2n) is 2.35. The van der Waals surface area contributed by atoms with Crippen molar-refractivity contribution >= 4 is 37.8 Å². The molecule has 0 atom stereocenters. The molecule has 4 heteroatoms. The third-order valence-electron chi connectivity index (χ3n) is 1.43. The standard InChI is InChI=1S/C9H8Br2O2/c1-2-13-9(12)6-3-4-7(10)8(11)5-6/h3-5H,2H2,1H3. The highest BCUT2D eigenvalue weighted by molar-refractivity contribution is 9.13. The summed E-state index contributed by atoms with van der Waals surface area (Å²) < 4.78 is 6.61. The van der Waals surface area contributed by atoms with Gasteiger partial charge >= 0.3 is 5.97 Å². The summed E-state index contributed by atoms with van der Waals surface area (Å²) in [5.74, 6) is -0.296. The Morgan fingerprint density at radius 3 is 2.62 bits per heavy atom. The highest BCUT2D eigenvalue weighted by Crippen LogP contribution is 2.23. The Hall–Kier alpha value is -0.350. The van der Waals surface area contributed by atoms with Crippen molar-refractivity contribution in [3.8, 4) is 0 Å². The van der Waals surface area contributed by atoms with Crippen molar-refractivity contribution in [2.75, 3.05) is 6.61 Å². The Labute approximate surface area is 93.5 Å². The zero-order chi connectivity index (χ0) is 9.84. The van der Waals surface area contributed by atoms with Crippen LogP contribution in [0.1, 0.15) is 17.3 Å². The van der Waals surface area contributed by atoms with Gasteiger partial charge in [0.15, 0.2) is 0 Å². The monoisotopic (exact) mass is 306 g/mol. The summed E-state index contributed by atoms with van der Waals surface area (Å²) in [6, 6.07) is 5.24. The predicted molar refractivity (Wildman–Crippen MR) is 57.8 cm³/mol. The number of ether oxygens (including phenoxy) is 1. The number of carbonyl (C=O) groups is 1. The van der Waals surface area contributed by atoms with E-state index in [0.717, 1.165) is 8.95 Å². The molecule has 0 aliphatic heterocycles. The summed E-state index contributed by atoms with van der Waals surface area (Å²) in [5, 5.41) is 0. The van der Waals surface area contributed by atoms with Crippen LogP contribution in [0.25, 0.3) is 0 Å². The van der Waals surface area contributed by atoms with E-state index in [1.807, 2.05) is 0 Å². The zero-order valence-electron chi connectivity index (χ0n) is 7.01. The highest BCUT2D eigenvalue weighted by Gasteiger charge is 2.07. The van der Waals surface area contributed by atoms with Crippen molar-refractivity contribution in [1.82, 2.24) is 0 Å². The van der Waals surface area contributed by atoms with Crippen LogP contribution in [-0.2, 0) is 4.74 Å². The van der Waals surface area contributed by atoms with Gasteiger partial charge in [-0.2, -0.15) is 0 Å². The van der Waals surface area contributed by atoms with Gasteiger partial charge in [0.25, 0.3) is 0 Å². The quantitative estimate of drug-likeness (QED) is 0.783. The first-order chi connectivity index (χ1) is 6.15. The molecule has 1 aromatic rings. The van der Waals surface area contributed by atoms with Crippen molar-refractivity contribution in [2.24, 2.45) is 0 Å². The minimum absolute atomic E-state index is 0.296. The summed E-state index contributed by atoms with van der Waals surface area (Å²) in [6.45, 7) is 2.18. The fourth-order valence-electron chi connectivity index (χ4n) is 0.838. The molecule has 0 bridgehead atoms. The van der Waals surface area contributed by atoms with Crippen LogP contribution in [0.4, 0.5) is 0 Å². The molecule has 0 aromatic heterocycles. The summed E-state index contributed by atoms with van der Waals surface area (Å²) in [7, 11) is 0. The van der Waals surface area contributed by atoms with Gasteiger partial charge in [-0.1, -0.05) is 0 Å². The minimum Gasteiger partial charge on any atom is -0.462 e. The predicted octanol–water partition coefficient (Wildman–Crippen LogP) is 3.39. The lowest BCUT2D eigenvalue weighted by Crippen LogP contribution is -2.04. The first-order valence-corrected chi connectivity index (χ1v) is 5.36. The third-order valence-corrected chi connectivity index (χ3v) is 3.31. The molecule has 2 nitrogen and oxygen atoms in total. The van der Waals surface area contributed by atoms with Crippen LogP contribution in [0.2, 0.25) is 0 Å². The van der Waals surface area contributed by atoms with Gasteiger partial charge in [-0.15, -0.1) is 0 Å². The Bertz CT molecular complexity index is 323. The molecule has 1 aromatic carbocycles. The van der Waals surface area contributed by atoms with E-state index >= 15 is 0 Å². The van der Waals surface area contributed by atoms with E-state index in [2.05, 4.69) is 31.9 Å². The van der Waals surface area contributed by atoms with Crippen LogP contribution in [0, 0.1) is 0 Å². The lowest BCUT2D eigenvalue weighted by Gasteiger charge is -2.02. The summed E-state index contributed by atoms with van der Waals surface area (Å²) >= 11 is 6.63. The Balaban J connectivity index is 2.90. The first kappa shape index (κ1) is 10.7. The number of benzene rings is 1. The molecular formula is C9H8Br2O2. The van der Waals surface area contributed by atoms with Gasteiger partial charge in [0, 0.05) is 8.95 Å². The molecule has 0 fully saturated rings. The number of rotatable bonds is 2. The molecule has 0 amide bonds. The molecule has 0 spiro atoms. The zero-order valence-corrected chi connectivity index (χ0v) is 10.2. The third kappa shape index (κ3) is 2.81. The van der Waals surface area contributed by atoms with Crippen molar-refractivity contribution < 1.29 is 9.53 Å². The highest BCUT2D eigenvalue weighted by atomic mass is 79.9. The second kappa shape index (κ2) is 4.77. The maximum absolute atomic E-state index is 11.2. The smallest absolute Gasteiger partial charge is 0.338 e. The molecule has 0 unspecified atom stereocenters. The fraction of sp³-hybridized carbons (Fsp3) is 0.222. The van der Waals surface area contributed by atoms with Gasteiger partial charge in [0.05, 0.1) is 12.2 Å². The average Bonchev–Trinajstić information content (AvgIpc) is 2.10. The van der Waals surface area contributed by atoms with E-state index in [0.29, 0.717) is 12.2 Å². The number of carbonyl (C=O) groups excluding carboxylic acids is 1. The van der Waals surface area contributed by atoms with Gasteiger partial charge in [-0.25, -0.2) is 4.79 Å². The normalized spacial score (nSPS) is 9.77. The van der Waals surface area contributed by atoms with Crippen LogP contribution in [0.3, 0.4) is 0 Å². The first-order valence-electron chi connectivity index (χ1n) is 3.77. The molecule has 0 aliphatic rings. The molecule has 1 rings (SSSR count). The maximum Gasteiger partial charge on any atom is 0.338 e. The molecular weight excluding hydrogens is 300 g/mol. The van der Waals surface area contributed by atoms with E-state index in [1.165, 1.54) is 0 Å². The fourth-order valence-corrected chi connectivity index (χ4v) is 1.46. The maximum atomic E-state index is 11.2. The van der Waals surface area contributed by atoms with E-state index < -0.39 is 0 Å². The molecule has 70 valence electrons. The minimum atomic E-state index is -0.296. The van der Waals surface area contributed by atoms with Crippen molar-refractivity contribution in [1.29, 1.82) is 0 Å². The summed E-state index contributed by atoms with van der Waals surface area (Å²) in [5.41, 5.74) is 0.553. The summed E-state index contributed by atoms with van der Waals surface area (Å²) in [6.07, 6.45) is 0. The largest absolute Gasteiger partial charge is 0.462 e. The van der Waals surface area contributed by atoms with Crippen LogP contribution in [0.15, 0.2) is 27.1 Å². The van der Waals surface area contributed by atoms with Crippen LogP contribution < -0.4 is 0 Å². The van der Waals surface area contributed by atoms with Crippen molar-refractivity contribution in [3.05, 3.63) is 32.7 Å². The van der Waals surface area contributed by atoms with Gasteiger partial charge in [-0.3, -0.25) is 0 Å². The Kier molecular flexibility index (Phi) is 3.93. The molecule has 0 aliphatic carbocycles. The molecule has 0 saturated heterocycles. The number of halogens is 2. The van der Waals surface area contributed by atoms with E-state index in [9.17, 15) is 4.79 Å². The topological polar surface area (TPSA) is 26.3 Å². The SMILES string of the molecule is CCOC(=O)c1ccc(Br)c(Br)c1. The molecule has 0 saturated carbocycles. The van der Waals surface area contributed by atoms with Gasteiger partial charge in [-0.05, 0) is 57.0 Å². The van der Waals surface area contributed by atoms with E-state index in [-0.39, 0.29) is 5.97 Å². The Morgan fingerprint density at radius 1 is 1.38 bits per heavy atom. The van der Waals surface area contributed by atoms with Crippen LogP contribution in [0.5, 0.6) is 0 Å². The molecule has 0 N–H and O–H groups in total. The van der Waals surface area contributed by atoms with E-state index in [1.54, 1.807) is 25.1 Å². The number of esters is 1. The molecule has 13 heavy (non-hydrogen) atoms. The van der Waals surface area contributed by atoms with Gasteiger partial charge < -0.3 is 4.74 Å². The van der Waals surface area contributed by atoms with Gasteiger partial charge in [0.1, 0.15) is 0 Å². The molecule has 0 radical (unpaired) electrons. The number of hydrogen-bond acceptors (Lipinski definition) is 2. The second-order valence-corrected chi connectivity index (χ2v) is 4.06. The average molecular weight is 308 g/mol. The van der Waals surface area contributed by atoms with Gasteiger partial charge in [0.2, 0.25) is 0 Å². The lowest BCUT2D eigenvalue weighted by atomic mass is 10.2.